The molecule has 13 heteroatoms. The van der Waals surface area contributed by atoms with Gasteiger partial charge in [-0.3, -0.25) is 0 Å². The normalized spacial score (nSPS) is 18.7. The monoisotopic (exact) mass is 770 g/mol. The van der Waals surface area contributed by atoms with Gasteiger partial charge in [0.15, 0.2) is 11.2 Å². The SMILES string of the molecule is Cc1cc(C2(c3ccc(O)c(C)c3)OS(=O)(=O)c3ccccc32)ccc1O.O=S1(=O)OC(c2ccc(O)cc2)(c2ccc(O)c(Cl)c2)c2ccccc21. The molecule has 1 atom stereocenters. The average molecular weight is 771 g/mol. The Morgan fingerprint density at radius 1 is 0.491 bits per heavy atom. The van der Waals surface area contributed by atoms with Crippen LogP contribution in [0.1, 0.15) is 44.5 Å². The van der Waals surface area contributed by atoms with E-state index in [1.807, 2.05) is 0 Å². The minimum Gasteiger partial charge on any atom is -0.508 e. The predicted octanol–water partition coefficient (Wildman–Crippen LogP) is 7.49. The molecule has 0 bridgehead atoms. The van der Waals surface area contributed by atoms with E-state index in [-0.39, 0.29) is 37.8 Å². The lowest BCUT2D eigenvalue weighted by Gasteiger charge is -2.30. The maximum absolute atomic E-state index is 12.8. The van der Waals surface area contributed by atoms with E-state index in [4.69, 9.17) is 20.0 Å². The molecule has 6 aromatic carbocycles. The Morgan fingerprint density at radius 2 is 0.868 bits per heavy atom. The highest BCUT2D eigenvalue weighted by atomic mass is 35.5. The lowest BCUT2D eigenvalue weighted by atomic mass is 9.79. The number of hydrogen-bond acceptors (Lipinski definition) is 10. The van der Waals surface area contributed by atoms with Gasteiger partial charge in [-0.1, -0.05) is 78.3 Å². The molecule has 1 unspecified atom stereocenters. The molecule has 2 aliphatic heterocycles. The van der Waals surface area contributed by atoms with Crippen LogP contribution in [0.2, 0.25) is 5.02 Å². The number of fused-ring (bicyclic) bond motifs is 2. The van der Waals surface area contributed by atoms with Gasteiger partial charge in [0.25, 0.3) is 20.2 Å². The largest absolute Gasteiger partial charge is 0.508 e. The van der Waals surface area contributed by atoms with Crippen LogP contribution in [0.25, 0.3) is 0 Å². The fourth-order valence-corrected chi connectivity index (χ4v) is 9.81. The topological polar surface area (TPSA) is 168 Å². The van der Waals surface area contributed by atoms with Gasteiger partial charge in [-0.05, 0) is 108 Å². The van der Waals surface area contributed by atoms with Crippen LogP contribution in [-0.4, -0.2) is 37.3 Å². The van der Waals surface area contributed by atoms with Crippen molar-refractivity contribution < 1.29 is 45.6 Å². The molecule has 4 N–H and O–H groups in total. The van der Waals surface area contributed by atoms with E-state index >= 15 is 0 Å². The molecule has 8 rings (SSSR count). The summed E-state index contributed by atoms with van der Waals surface area (Å²) in [6.45, 7) is 3.48. The molecule has 0 amide bonds. The Balaban J connectivity index is 0.000000164. The Kier molecular flexibility index (Phi) is 8.79. The quantitative estimate of drug-likeness (QED) is 0.132. The smallest absolute Gasteiger partial charge is 0.298 e. The van der Waals surface area contributed by atoms with Crippen LogP contribution in [0.4, 0.5) is 0 Å². The van der Waals surface area contributed by atoms with Gasteiger partial charge in [-0.15, -0.1) is 0 Å². The highest BCUT2D eigenvalue weighted by Crippen LogP contribution is 2.52. The summed E-state index contributed by atoms with van der Waals surface area (Å²) in [5, 5.41) is 39.3. The van der Waals surface area contributed by atoms with Crippen molar-refractivity contribution in [2.75, 3.05) is 0 Å². The maximum atomic E-state index is 12.8. The molecule has 0 saturated heterocycles. The van der Waals surface area contributed by atoms with Crippen molar-refractivity contribution in [2.45, 2.75) is 34.8 Å². The van der Waals surface area contributed by atoms with Gasteiger partial charge < -0.3 is 20.4 Å². The zero-order chi connectivity index (χ0) is 37.9. The van der Waals surface area contributed by atoms with Crippen molar-refractivity contribution in [3.05, 3.63) is 177 Å². The second kappa shape index (κ2) is 12.9. The zero-order valence-electron chi connectivity index (χ0n) is 28.1. The lowest BCUT2D eigenvalue weighted by Crippen LogP contribution is -2.29. The number of benzene rings is 6. The predicted molar refractivity (Wildman–Crippen MR) is 196 cm³/mol. The summed E-state index contributed by atoms with van der Waals surface area (Å²) in [6.07, 6.45) is 0. The lowest BCUT2D eigenvalue weighted by molar-refractivity contribution is 0.179. The molecule has 0 fully saturated rings. The van der Waals surface area contributed by atoms with Crippen LogP contribution in [0.5, 0.6) is 23.0 Å². The first-order valence-electron chi connectivity index (χ1n) is 16.1. The van der Waals surface area contributed by atoms with E-state index in [0.717, 1.165) is 0 Å². The molecular weight excluding hydrogens is 740 g/mol. The van der Waals surface area contributed by atoms with E-state index in [1.54, 1.807) is 92.7 Å². The maximum Gasteiger partial charge on any atom is 0.298 e. The first kappa shape index (κ1) is 36.0. The van der Waals surface area contributed by atoms with Crippen LogP contribution in [0, 0.1) is 13.8 Å². The van der Waals surface area contributed by atoms with E-state index in [1.165, 1.54) is 48.5 Å². The highest BCUT2D eigenvalue weighted by Gasteiger charge is 2.52. The third-order valence-electron chi connectivity index (χ3n) is 9.38. The molecule has 0 aliphatic carbocycles. The molecule has 270 valence electrons. The number of aromatic hydroxyl groups is 4. The number of rotatable bonds is 4. The van der Waals surface area contributed by atoms with Crippen molar-refractivity contribution in [1.82, 2.24) is 0 Å². The molecule has 10 nitrogen and oxygen atoms in total. The van der Waals surface area contributed by atoms with E-state index in [2.05, 4.69) is 0 Å². The standard InChI is InChI=1S/C21H18O5S.C19H13ClO5S/c1-13-11-15(7-9-18(13)22)21(16-8-10-19(23)14(2)12-16)17-5-3-4-6-20(17)27(24,25)26-21;20-16-11-13(7-10-17(16)22)19(12-5-8-14(21)9-6-12)15-3-1-2-4-18(15)26(23,24)25-19/h3-12,22-23H,1-2H3;1-11,21-22H. The first-order chi connectivity index (χ1) is 25.1. The molecule has 0 saturated carbocycles. The molecule has 53 heavy (non-hydrogen) atoms. The molecule has 2 aliphatic rings. The zero-order valence-corrected chi connectivity index (χ0v) is 30.4. The first-order valence-corrected chi connectivity index (χ1v) is 19.3. The number of halogens is 1. The van der Waals surface area contributed by atoms with Crippen molar-refractivity contribution in [2.24, 2.45) is 0 Å². The van der Waals surface area contributed by atoms with Crippen LogP contribution in [0.15, 0.2) is 137 Å². The number of phenolic OH excluding ortho intramolecular Hbond substituents is 4. The molecular formula is C40H31ClO10S2. The van der Waals surface area contributed by atoms with Gasteiger partial charge in [0, 0.05) is 11.1 Å². The molecule has 6 aromatic rings. The Morgan fingerprint density at radius 3 is 1.30 bits per heavy atom. The minimum atomic E-state index is -4.01. The summed E-state index contributed by atoms with van der Waals surface area (Å²) in [5.41, 5.74) is 1.39. The van der Waals surface area contributed by atoms with Crippen molar-refractivity contribution in [1.29, 1.82) is 0 Å². The fourth-order valence-electron chi connectivity index (χ4n) is 6.78. The van der Waals surface area contributed by atoms with Crippen LogP contribution < -0.4 is 0 Å². The summed E-state index contributed by atoms with van der Waals surface area (Å²) in [4.78, 5) is 0.179. The summed E-state index contributed by atoms with van der Waals surface area (Å²) in [5.74, 6) is 0.155. The average Bonchev–Trinajstić information content (AvgIpc) is 3.54. The summed E-state index contributed by atoms with van der Waals surface area (Å²) in [6, 6.07) is 33.5. The number of phenols is 4. The molecule has 0 spiro atoms. The summed E-state index contributed by atoms with van der Waals surface area (Å²) < 4.78 is 62.4. The highest BCUT2D eigenvalue weighted by molar-refractivity contribution is 7.87. The second-order valence-electron chi connectivity index (χ2n) is 12.6. The number of hydrogen-bond donors (Lipinski definition) is 4. The third-order valence-corrected chi connectivity index (χ3v) is 12.4. The van der Waals surface area contributed by atoms with Crippen LogP contribution in [0.3, 0.4) is 0 Å². The molecule has 0 aromatic heterocycles. The second-order valence-corrected chi connectivity index (χ2v) is 16.1. The Hall–Kier alpha value is -5.37. The fraction of sp³-hybridized carbons (Fsp3) is 0.100. The third kappa shape index (κ3) is 5.88. The van der Waals surface area contributed by atoms with Crippen LogP contribution >= 0.6 is 11.6 Å². The van der Waals surface area contributed by atoms with Gasteiger partial charge in [0.1, 0.15) is 32.8 Å². The van der Waals surface area contributed by atoms with Crippen LogP contribution in [-0.2, 0) is 39.8 Å². The molecule has 0 radical (unpaired) electrons. The van der Waals surface area contributed by atoms with Gasteiger partial charge >= 0.3 is 0 Å². The Labute approximate surface area is 311 Å². The summed E-state index contributed by atoms with van der Waals surface area (Å²) in [7, 11) is -7.99. The van der Waals surface area contributed by atoms with E-state index in [9.17, 15) is 37.3 Å². The van der Waals surface area contributed by atoms with E-state index < -0.39 is 31.4 Å². The van der Waals surface area contributed by atoms with Crippen molar-refractivity contribution in [3.63, 3.8) is 0 Å². The number of aryl methyl sites for hydroxylation is 2. The summed E-state index contributed by atoms with van der Waals surface area (Å²) >= 11 is 6.07. The van der Waals surface area contributed by atoms with Gasteiger partial charge in [-0.2, -0.15) is 16.8 Å². The van der Waals surface area contributed by atoms with Gasteiger partial charge in [0.05, 0.1) is 5.02 Å². The van der Waals surface area contributed by atoms with Gasteiger partial charge in [0.2, 0.25) is 0 Å². The molecule has 2 heterocycles. The van der Waals surface area contributed by atoms with Gasteiger partial charge in [-0.25, -0.2) is 8.37 Å². The minimum absolute atomic E-state index is 0.0433. The van der Waals surface area contributed by atoms with Crippen molar-refractivity contribution in [3.8, 4) is 23.0 Å². The van der Waals surface area contributed by atoms with E-state index in [0.29, 0.717) is 44.5 Å². The Bertz CT molecular complexity index is 2590. The van der Waals surface area contributed by atoms with Crippen molar-refractivity contribution >= 4 is 31.8 Å².